The standard InChI is InChI=1S/C10H20N4/c1-9(2)7-10-8-14(13-12-10)6-4-5-11-3/h8-9,11H,4-7H2,1-3H3. The summed E-state index contributed by atoms with van der Waals surface area (Å²) in [4.78, 5) is 0. The molecule has 4 heteroatoms. The minimum atomic E-state index is 0.650. The van der Waals surface area contributed by atoms with Crippen molar-refractivity contribution >= 4 is 0 Å². The highest BCUT2D eigenvalue weighted by Crippen LogP contribution is 2.03. The Hall–Kier alpha value is -0.900. The Kier molecular flexibility index (Phi) is 4.59. The van der Waals surface area contributed by atoms with Gasteiger partial charge in [0, 0.05) is 12.7 Å². The molecule has 80 valence electrons. The van der Waals surface area contributed by atoms with E-state index >= 15 is 0 Å². The van der Waals surface area contributed by atoms with E-state index in [4.69, 9.17) is 0 Å². The minimum Gasteiger partial charge on any atom is -0.320 e. The summed E-state index contributed by atoms with van der Waals surface area (Å²) in [6.07, 6.45) is 4.17. The van der Waals surface area contributed by atoms with E-state index in [0.717, 1.165) is 31.6 Å². The molecular formula is C10H20N4. The van der Waals surface area contributed by atoms with Crippen LogP contribution in [0, 0.1) is 5.92 Å². The summed E-state index contributed by atoms with van der Waals surface area (Å²) in [6.45, 7) is 6.37. The first kappa shape index (κ1) is 11.2. The van der Waals surface area contributed by atoms with E-state index in [1.807, 2.05) is 11.7 Å². The van der Waals surface area contributed by atoms with Gasteiger partial charge in [0.2, 0.25) is 0 Å². The molecule has 0 unspecified atom stereocenters. The summed E-state index contributed by atoms with van der Waals surface area (Å²) in [5, 5.41) is 11.3. The van der Waals surface area contributed by atoms with Gasteiger partial charge in [0.05, 0.1) is 5.69 Å². The van der Waals surface area contributed by atoms with Gasteiger partial charge in [-0.25, -0.2) is 0 Å². The molecule has 0 atom stereocenters. The lowest BCUT2D eigenvalue weighted by Gasteiger charge is -1.99. The van der Waals surface area contributed by atoms with Gasteiger partial charge in [-0.15, -0.1) is 5.10 Å². The van der Waals surface area contributed by atoms with E-state index in [1.54, 1.807) is 0 Å². The number of hydrogen-bond donors (Lipinski definition) is 1. The summed E-state index contributed by atoms with van der Waals surface area (Å²) in [5.41, 5.74) is 1.10. The molecule has 0 aromatic carbocycles. The monoisotopic (exact) mass is 196 g/mol. The van der Waals surface area contributed by atoms with Gasteiger partial charge in [0.15, 0.2) is 0 Å². The molecule has 0 aliphatic rings. The molecule has 0 amide bonds. The van der Waals surface area contributed by atoms with Crippen LogP contribution >= 0.6 is 0 Å². The Balaban J connectivity index is 2.35. The number of nitrogens with zero attached hydrogens (tertiary/aromatic N) is 3. The van der Waals surface area contributed by atoms with Gasteiger partial charge in [-0.05, 0) is 32.4 Å². The third-order valence-electron chi connectivity index (χ3n) is 2.02. The first-order valence-electron chi connectivity index (χ1n) is 5.26. The summed E-state index contributed by atoms with van der Waals surface area (Å²) < 4.78 is 1.93. The third-order valence-corrected chi connectivity index (χ3v) is 2.02. The molecule has 0 fully saturated rings. The number of rotatable bonds is 6. The average Bonchev–Trinajstić information content (AvgIpc) is 2.52. The molecule has 1 heterocycles. The van der Waals surface area contributed by atoms with Gasteiger partial charge in [0.1, 0.15) is 0 Å². The Bertz CT molecular complexity index is 254. The molecule has 0 saturated carbocycles. The molecule has 0 bridgehead atoms. The average molecular weight is 196 g/mol. The number of hydrogen-bond acceptors (Lipinski definition) is 3. The van der Waals surface area contributed by atoms with Crippen LogP contribution in [0.5, 0.6) is 0 Å². The first-order valence-corrected chi connectivity index (χ1v) is 5.26. The van der Waals surface area contributed by atoms with Crippen molar-refractivity contribution in [2.45, 2.75) is 33.2 Å². The van der Waals surface area contributed by atoms with Crippen LogP contribution in [0.3, 0.4) is 0 Å². The van der Waals surface area contributed by atoms with Gasteiger partial charge in [-0.3, -0.25) is 4.68 Å². The largest absolute Gasteiger partial charge is 0.320 e. The molecule has 14 heavy (non-hydrogen) atoms. The van der Waals surface area contributed by atoms with Crippen molar-refractivity contribution < 1.29 is 0 Å². The summed E-state index contributed by atoms with van der Waals surface area (Å²) in [6, 6.07) is 0. The minimum absolute atomic E-state index is 0.650. The van der Waals surface area contributed by atoms with Crippen molar-refractivity contribution in [2.24, 2.45) is 5.92 Å². The fourth-order valence-electron chi connectivity index (χ4n) is 1.38. The second kappa shape index (κ2) is 5.75. The molecule has 0 spiro atoms. The zero-order valence-corrected chi connectivity index (χ0v) is 9.32. The number of aryl methyl sites for hydroxylation is 1. The molecule has 0 radical (unpaired) electrons. The fourth-order valence-corrected chi connectivity index (χ4v) is 1.38. The Labute approximate surface area is 85.7 Å². The van der Waals surface area contributed by atoms with Gasteiger partial charge >= 0.3 is 0 Å². The Morgan fingerprint density at radius 2 is 2.29 bits per heavy atom. The van der Waals surface area contributed by atoms with Crippen LogP contribution in [-0.4, -0.2) is 28.6 Å². The zero-order chi connectivity index (χ0) is 10.4. The molecule has 0 aliphatic carbocycles. The van der Waals surface area contributed by atoms with Gasteiger partial charge in [-0.2, -0.15) is 0 Å². The lowest BCUT2D eigenvalue weighted by Crippen LogP contribution is -2.11. The molecule has 0 saturated heterocycles. The predicted molar refractivity (Wildman–Crippen MR) is 57.1 cm³/mol. The van der Waals surface area contributed by atoms with Crippen molar-refractivity contribution in [2.75, 3.05) is 13.6 Å². The molecule has 1 rings (SSSR count). The van der Waals surface area contributed by atoms with E-state index in [1.165, 1.54) is 0 Å². The smallest absolute Gasteiger partial charge is 0.0829 e. The molecule has 0 aliphatic heterocycles. The van der Waals surface area contributed by atoms with Crippen LogP contribution in [0.15, 0.2) is 6.20 Å². The molecule has 4 nitrogen and oxygen atoms in total. The SMILES string of the molecule is CNCCCn1cc(CC(C)C)nn1. The second-order valence-electron chi connectivity index (χ2n) is 4.03. The van der Waals surface area contributed by atoms with Crippen molar-refractivity contribution in [3.8, 4) is 0 Å². The van der Waals surface area contributed by atoms with Crippen molar-refractivity contribution in [1.82, 2.24) is 20.3 Å². The maximum atomic E-state index is 4.13. The normalized spacial score (nSPS) is 11.1. The van der Waals surface area contributed by atoms with Gasteiger partial charge < -0.3 is 5.32 Å². The predicted octanol–water partition coefficient (Wildman–Crippen LogP) is 1.09. The van der Waals surface area contributed by atoms with E-state index in [2.05, 4.69) is 35.7 Å². The second-order valence-corrected chi connectivity index (χ2v) is 4.03. The Morgan fingerprint density at radius 1 is 1.50 bits per heavy atom. The lowest BCUT2D eigenvalue weighted by molar-refractivity contribution is 0.545. The van der Waals surface area contributed by atoms with E-state index < -0.39 is 0 Å². The number of aromatic nitrogens is 3. The number of nitrogens with one attached hydrogen (secondary N) is 1. The van der Waals surface area contributed by atoms with Crippen LogP contribution in [0.4, 0.5) is 0 Å². The summed E-state index contributed by atoms with van der Waals surface area (Å²) >= 11 is 0. The van der Waals surface area contributed by atoms with Crippen LogP contribution in [0.2, 0.25) is 0 Å². The van der Waals surface area contributed by atoms with Crippen molar-refractivity contribution in [3.63, 3.8) is 0 Å². The molecule has 1 aromatic heterocycles. The zero-order valence-electron chi connectivity index (χ0n) is 9.32. The van der Waals surface area contributed by atoms with Crippen LogP contribution in [0.25, 0.3) is 0 Å². The highest BCUT2D eigenvalue weighted by Gasteiger charge is 2.02. The highest BCUT2D eigenvalue weighted by atomic mass is 15.4. The van der Waals surface area contributed by atoms with Crippen LogP contribution < -0.4 is 5.32 Å². The molecular weight excluding hydrogens is 176 g/mol. The maximum absolute atomic E-state index is 4.13. The van der Waals surface area contributed by atoms with E-state index in [-0.39, 0.29) is 0 Å². The highest BCUT2D eigenvalue weighted by molar-refractivity contribution is 4.92. The van der Waals surface area contributed by atoms with Gasteiger partial charge in [0.25, 0.3) is 0 Å². The topological polar surface area (TPSA) is 42.7 Å². The quantitative estimate of drug-likeness (QED) is 0.692. The van der Waals surface area contributed by atoms with E-state index in [0.29, 0.717) is 5.92 Å². The third kappa shape index (κ3) is 3.87. The lowest BCUT2D eigenvalue weighted by atomic mass is 10.1. The van der Waals surface area contributed by atoms with Crippen LogP contribution in [-0.2, 0) is 13.0 Å². The molecule has 1 aromatic rings. The van der Waals surface area contributed by atoms with Crippen LogP contribution in [0.1, 0.15) is 26.0 Å². The van der Waals surface area contributed by atoms with Crippen molar-refractivity contribution in [3.05, 3.63) is 11.9 Å². The van der Waals surface area contributed by atoms with Gasteiger partial charge in [-0.1, -0.05) is 19.1 Å². The first-order chi connectivity index (χ1) is 6.72. The molecule has 1 N–H and O–H groups in total. The fraction of sp³-hybridized carbons (Fsp3) is 0.800. The Morgan fingerprint density at radius 3 is 2.93 bits per heavy atom. The van der Waals surface area contributed by atoms with E-state index in [9.17, 15) is 0 Å². The summed E-state index contributed by atoms with van der Waals surface area (Å²) in [7, 11) is 1.96. The maximum Gasteiger partial charge on any atom is 0.0829 e. The summed E-state index contributed by atoms with van der Waals surface area (Å²) in [5.74, 6) is 0.650. The van der Waals surface area contributed by atoms with Crippen molar-refractivity contribution in [1.29, 1.82) is 0 Å².